The molecule has 0 aliphatic carbocycles. The molecular formula is C15H12BrNO2S. The van der Waals surface area contributed by atoms with E-state index in [0.717, 1.165) is 5.56 Å². The first-order valence-corrected chi connectivity index (χ1v) is 8.56. The van der Waals surface area contributed by atoms with Crippen LogP contribution in [0.5, 0.6) is 0 Å². The van der Waals surface area contributed by atoms with Crippen molar-refractivity contribution in [3.63, 3.8) is 0 Å². The monoisotopic (exact) mass is 349 g/mol. The number of alkyl halides is 1. The van der Waals surface area contributed by atoms with Gasteiger partial charge in [0.1, 0.15) is 0 Å². The lowest BCUT2D eigenvalue weighted by molar-refractivity contribution is 0.599. The van der Waals surface area contributed by atoms with Gasteiger partial charge in [0.2, 0.25) is 0 Å². The minimum Gasteiger partial charge on any atom is -0.199 e. The molecule has 0 bridgehead atoms. The molecule has 0 amide bonds. The summed E-state index contributed by atoms with van der Waals surface area (Å²) in [6, 6.07) is 16.9. The lowest BCUT2D eigenvalue weighted by Gasteiger charge is -2.10. The highest BCUT2D eigenvalue weighted by Gasteiger charge is 2.29. The Balaban J connectivity index is 1.93. The van der Waals surface area contributed by atoms with Crippen molar-refractivity contribution in [3.8, 4) is 0 Å². The molecule has 3 nitrogen and oxygen atoms in total. The molecule has 2 aromatic rings. The van der Waals surface area contributed by atoms with Crippen molar-refractivity contribution < 1.29 is 8.42 Å². The second-order valence-corrected chi connectivity index (χ2v) is 7.27. The summed E-state index contributed by atoms with van der Waals surface area (Å²) in [6.07, 6.45) is 0.542. The van der Waals surface area contributed by atoms with E-state index in [1.54, 1.807) is 12.1 Å². The van der Waals surface area contributed by atoms with Gasteiger partial charge in [-0.05, 0) is 11.6 Å². The van der Waals surface area contributed by atoms with E-state index in [1.807, 2.05) is 42.5 Å². The summed E-state index contributed by atoms with van der Waals surface area (Å²) >= 11 is 3.61. The molecule has 1 aliphatic heterocycles. The van der Waals surface area contributed by atoms with Gasteiger partial charge in [-0.3, -0.25) is 0 Å². The molecule has 102 valence electrons. The van der Waals surface area contributed by atoms with Gasteiger partial charge in [-0.15, -0.1) is 0 Å². The van der Waals surface area contributed by atoms with Crippen LogP contribution in [0.3, 0.4) is 0 Å². The second-order valence-electron chi connectivity index (χ2n) is 4.59. The number of rotatable bonds is 3. The van der Waals surface area contributed by atoms with Crippen molar-refractivity contribution in [2.45, 2.75) is 16.1 Å². The van der Waals surface area contributed by atoms with Crippen LogP contribution in [0.25, 0.3) is 0 Å². The molecule has 0 saturated carbocycles. The Morgan fingerprint density at radius 2 is 1.65 bits per heavy atom. The molecule has 0 N–H and O–H groups in total. The van der Waals surface area contributed by atoms with Crippen molar-refractivity contribution in [2.24, 2.45) is 4.40 Å². The topological polar surface area (TPSA) is 46.5 Å². The molecule has 0 fully saturated rings. The number of fused-ring (bicyclic) bond motifs is 1. The van der Waals surface area contributed by atoms with Crippen molar-refractivity contribution in [1.82, 2.24) is 0 Å². The molecule has 1 atom stereocenters. The summed E-state index contributed by atoms with van der Waals surface area (Å²) in [4.78, 5) is 0.353. The van der Waals surface area contributed by atoms with Gasteiger partial charge in [0.15, 0.2) is 0 Å². The number of hydrogen-bond donors (Lipinski definition) is 0. The van der Waals surface area contributed by atoms with E-state index in [-0.39, 0.29) is 4.83 Å². The smallest absolute Gasteiger partial charge is 0.199 e. The van der Waals surface area contributed by atoms with E-state index in [9.17, 15) is 8.42 Å². The molecule has 1 unspecified atom stereocenters. The third kappa shape index (κ3) is 2.43. The van der Waals surface area contributed by atoms with Crippen molar-refractivity contribution in [3.05, 3.63) is 65.7 Å². The average Bonchev–Trinajstić information content (AvgIpc) is 2.72. The van der Waals surface area contributed by atoms with Gasteiger partial charge in [-0.1, -0.05) is 64.5 Å². The number of halogens is 1. The van der Waals surface area contributed by atoms with Gasteiger partial charge in [-0.25, -0.2) is 0 Å². The minimum absolute atomic E-state index is 0.0452. The molecule has 2 aromatic carbocycles. The quantitative estimate of drug-likeness (QED) is 0.793. The summed E-state index contributed by atoms with van der Waals surface area (Å²) in [6.45, 7) is 0. The van der Waals surface area contributed by atoms with E-state index in [0.29, 0.717) is 22.6 Å². The Labute approximate surface area is 126 Å². The zero-order chi connectivity index (χ0) is 14.2. The first kappa shape index (κ1) is 13.5. The first-order chi connectivity index (χ1) is 9.58. The van der Waals surface area contributed by atoms with Crippen LogP contribution in [0.1, 0.15) is 22.4 Å². The van der Waals surface area contributed by atoms with E-state index in [2.05, 4.69) is 20.3 Å². The molecule has 5 heteroatoms. The van der Waals surface area contributed by atoms with Gasteiger partial charge in [0.25, 0.3) is 10.0 Å². The Morgan fingerprint density at radius 1 is 1.00 bits per heavy atom. The Morgan fingerprint density at radius 3 is 2.40 bits per heavy atom. The fourth-order valence-electron chi connectivity index (χ4n) is 2.27. The number of nitrogens with zero attached hydrogens (tertiary/aromatic N) is 1. The van der Waals surface area contributed by atoms with E-state index >= 15 is 0 Å². The zero-order valence-electron chi connectivity index (χ0n) is 10.5. The molecule has 1 heterocycles. The SMILES string of the molecule is O=S1(=O)N=C(CC(Br)c2ccccc2)c2ccccc21. The molecule has 0 radical (unpaired) electrons. The second kappa shape index (κ2) is 5.14. The normalized spacial score (nSPS) is 17.4. The predicted octanol–water partition coefficient (Wildman–Crippen LogP) is 3.70. The number of sulfonamides is 1. The average molecular weight is 350 g/mol. The molecule has 0 aromatic heterocycles. The molecule has 0 spiro atoms. The van der Waals surface area contributed by atoms with Crippen LogP contribution >= 0.6 is 15.9 Å². The summed E-state index contributed by atoms with van der Waals surface area (Å²) in [5.74, 6) is 0. The Hall–Kier alpha value is -1.46. The van der Waals surface area contributed by atoms with Crippen LogP contribution in [0.4, 0.5) is 0 Å². The number of hydrogen-bond acceptors (Lipinski definition) is 2. The van der Waals surface area contributed by atoms with Crippen molar-refractivity contribution >= 4 is 31.7 Å². The van der Waals surface area contributed by atoms with Crippen molar-refractivity contribution in [2.75, 3.05) is 0 Å². The van der Waals surface area contributed by atoms with Crippen LogP contribution in [0.15, 0.2) is 63.9 Å². The highest BCUT2D eigenvalue weighted by Crippen LogP contribution is 2.33. The predicted molar refractivity (Wildman–Crippen MR) is 82.9 cm³/mol. The van der Waals surface area contributed by atoms with E-state index < -0.39 is 10.0 Å². The zero-order valence-corrected chi connectivity index (χ0v) is 12.9. The number of benzene rings is 2. The largest absolute Gasteiger partial charge is 0.283 e. The van der Waals surface area contributed by atoms with Crippen LogP contribution in [-0.2, 0) is 10.0 Å². The van der Waals surface area contributed by atoms with Crippen LogP contribution < -0.4 is 0 Å². The molecule has 1 aliphatic rings. The van der Waals surface area contributed by atoms with Gasteiger partial charge in [0, 0.05) is 16.8 Å². The van der Waals surface area contributed by atoms with Gasteiger partial charge in [-0.2, -0.15) is 12.8 Å². The first-order valence-electron chi connectivity index (χ1n) is 6.20. The third-order valence-electron chi connectivity index (χ3n) is 3.24. The maximum atomic E-state index is 12.0. The van der Waals surface area contributed by atoms with Crippen LogP contribution in [-0.4, -0.2) is 14.1 Å². The minimum atomic E-state index is -3.52. The van der Waals surface area contributed by atoms with Crippen LogP contribution in [0, 0.1) is 0 Å². The lowest BCUT2D eigenvalue weighted by atomic mass is 10.0. The van der Waals surface area contributed by atoms with E-state index in [4.69, 9.17) is 0 Å². The molecular weight excluding hydrogens is 338 g/mol. The van der Waals surface area contributed by atoms with E-state index in [1.165, 1.54) is 0 Å². The summed E-state index contributed by atoms with van der Waals surface area (Å²) in [5.41, 5.74) is 2.44. The molecule has 20 heavy (non-hydrogen) atoms. The van der Waals surface area contributed by atoms with Gasteiger partial charge in [0.05, 0.1) is 10.6 Å². The highest BCUT2D eigenvalue weighted by atomic mass is 79.9. The fraction of sp³-hybridized carbons (Fsp3) is 0.133. The highest BCUT2D eigenvalue weighted by molar-refractivity contribution is 9.09. The maximum Gasteiger partial charge on any atom is 0.283 e. The van der Waals surface area contributed by atoms with Crippen LogP contribution in [0.2, 0.25) is 0 Å². The van der Waals surface area contributed by atoms with Crippen molar-refractivity contribution in [1.29, 1.82) is 0 Å². The maximum absolute atomic E-state index is 12.0. The van der Waals surface area contributed by atoms with Gasteiger partial charge < -0.3 is 0 Å². The molecule has 3 rings (SSSR count). The summed E-state index contributed by atoms with van der Waals surface area (Å²) < 4.78 is 27.9. The Kier molecular flexibility index (Phi) is 3.48. The fourth-order valence-corrected chi connectivity index (χ4v) is 4.16. The Bertz CT molecular complexity index is 769. The van der Waals surface area contributed by atoms with Gasteiger partial charge >= 0.3 is 0 Å². The lowest BCUT2D eigenvalue weighted by Crippen LogP contribution is -2.02. The standard InChI is InChI=1S/C15H12BrNO2S/c16-13(11-6-2-1-3-7-11)10-14-12-8-4-5-9-15(12)20(18,19)17-14/h1-9,13H,10H2. The molecule has 0 saturated heterocycles. The summed E-state index contributed by atoms with van der Waals surface area (Å²) in [5, 5.41) is 0. The third-order valence-corrected chi connectivity index (χ3v) is 5.47. The summed E-state index contributed by atoms with van der Waals surface area (Å²) in [7, 11) is -3.52.